The summed E-state index contributed by atoms with van der Waals surface area (Å²) in [6.07, 6.45) is 0.265. The number of hydrogen-bond donors (Lipinski definition) is 0. The van der Waals surface area contributed by atoms with E-state index in [1.807, 2.05) is 44.2 Å². The van der Waals surface area contributed by atoms with Crippen LogP contribution in [0.4, 0.5) is 5.69 Å². The Labute approximate surface area is 189 Å². The third-order valence-electron chi connectivity index (χ3n) is 5.97. The Bertz CT molecular complexity index is 1240. The summed E-state index contributed by atoms with van der Waals surface area (Å²) >= 11 is 0. The van der Waals surface area contributed by atoms with E-state index in [1.165, 1.54) is 9.80 Å². The fraction of sp³-hybridized carbons (Fsp3) is 0.292. The molecule has 2 amide bonds. The van der Waals surface area contributed by atoms with Crippen molar-refractivity contribution in [2.24, 2.45) is 0 Å². The zero-order valence-corrected chi connectivity index (χ0v) is 18.2. The minimum atomic E-state index is -1.56. The number of fused-ring (bicyclic) bond motifs is 3. The van der Waals surface area contributed by atoms with E-state index in [-0.39, 0.29) is 43.2 Å². The maximum absolute atomic E-state index is 13.6. The Morgan fingerprint density at radius 1 is 1.12 bits per heavy atom. The lowest BCUT2D eigenvalue weighted by Gasteiger charge is -2.50. The lowest BCUT2D eigenvalue weighted by molar-refractivity contribution is -0.160. The van der Waals surface area contributed by atoms with Crippen molar-refractivity contribution in [2.75, 3.05) is 4.90 Å². The second-order valence-corrected chi connectivity index (χ2v) is 8.29. The van der Waals surface area contributed by atoms with E-state index in [0.29, 0.717) is 17.1 Å². The van der Waals surface area contributed by atoms with Crippen molar-refractivity contribution in [3.05, 3.63) is 66.1 Å². The number of anilines is 1. The van der Waals surface area contributed by atoms with Crippen LogP contribution in [0.2, 0.25) is 0 Å². The molecule has 1 fully saturated rings. The summed E-state index contributed by atoms with van der Waals surface area (Å²) in [6, 6.07) is 15.7. The first-order valence-electron chi connectivity index (χ1n) is 10.7. The molecule has 1 atom stereocenters. The molecule has 3 aromatic rings. The molecule has 0 unspecified atom stereocenters. The van der Waals surface area contributed by atoms with Crippen LogP contribution in [-0.2, 0) is 20.9 Å². The van der Waals surface area contributed by atoms with Crippen LogP contribution in [0, 0.1) is 0 Å². The first kappa shape index (κ1) is 20.9. The van der Waals surface area contributed by atoms with Crippen molar-refractivity contribution < 1.29 is 23.6 Å². The summed E-state index contributed by atoms with van der Waals surface area (Å²) in [4.78, 5) is 47.0. The monoisotopic (exact) mass is 446 g/mol. The normalized spacial score (nSPS) is 19.6. The molecule has 168 valence electrons. The predicted octanol–water partition coefficient (Wildman–Crippen LogP) is 3.17. The molecule has 9 nitrogen and oxygen atoms in total. The Morgan fingerprint density at radius 2 is 1.85 bits per heavy atom. The van der Waals surface area contributed by atoms with Crippen molar-refractivity contribution >= 4 is 23.5 Å². The van der Waals surface area contributed by atoms with Crippen LogP contribution < -0.4 is 4.90 Å². The van der Waals surface area contributed by atoms with E-state index in [9.17, 15) is 14.4 Å². The molecule has 9 heteroatoms. The molecule has 0 N–H and O–H groups in total. The molecular weight excluding hydrogens is 424 g/mol. The lowest BCUT2D eigenvalue weighted by Crippen LogP contribution is -2.70. The summed E-state index contributed by atoms with van der Waals surface area (Å²) in [5.74, 6) is -0.755. The Hall–Kier alpha value is -4.01. The SMILES string of the molecule is CC(C)N1C(=O)c2ccccc2N2C(=O)CC[C@]21C(=O)OCc1nc(-c2ccccc2)no1. The van der Waals surface area contributed by atoms with Crippen molar-refractivity contribution in [2.45, 2.75) is 45.0 Å². The van der Waals surface area contributed by atoms with Gasteiger partial charge in [0, 0.05) is 24.4 Å². The molecule has 0 bridgehead atoms. The van der Waals surface area contributed by atoms with Gasteiger partial charge in [0.2, 0.25) is 17.4 Å². The topological polar surface area (TPSA) is 106 Å². The lowest BCUT2D eigenvalue weighted by atomic mass is 9.95. The number of amides is 2. The number of hydrogen-bond acceptors (Lipinski definition) is 7. The average molecular weight is 446 g/mol. The molecule has 3 heterocycles. The molecule has 2 aliphatic rings. The number of benzene rings is 2. The first-order valence-corrected chi connectivity index (χ1v) is 10.7. The van der Waals surface area contributed by atoms with Crippen molar-refractivity contribution in [1.82, 2.24) is 15.0 Å². The fourth-order valence-corrected chi connectivity index (χ4v) is 4.63. The first-order chi connectivity index (χ1) is 15.9. The molecule has 0 saturated carbocycles. The Morgan fingerprint density at radius 3 is 2.61 bits per heavy atom. The second-order valence-electron chi connectivity index (χ2n) is 8.29. The van der Waals surface area contributed by atoms with Gasteiger partial charge < -0.3 is 14.2 Å². The summed E-state index contributed by atoms with van der Waals surface area (Å²) in [5, 5.41) is 3.93. The van der Waals surface area contributed by atoms with Gasteiger partial charge in [-0.2, -0.15) is 4.98 Å². The second kappa shape index (κ2) is 7.84. The van der Waals surface area contributed by atoms with Crippen LogP contribution in [0.5, 0.6) is 0 Å². The van der Waals surface area contributed by atoms with Gasteiger partial charge in [0.1, 0.15) is 0 Å². The summed E-state index contributed by atoms with van der Waals surface area (Å²) < 4.78 is 10.8. The van der Waals surface area contributed by atoms with Gasteiger partial charge in [-0.15, -0.1) is 0 Å². The smallest absolute Gasteiger partial charge is 0.354 e. The molecule has 5 rings (SSSR count). The minimum Gasteiger partial charge on any atom is -0.452 e. The molecule has 1 aromatic heterocycles. The average Bonchev–Trinajstić information content (AvgIpc) is 3.43. The van der Waals surface area contributed by atoms with E-state index < -0.39 is 11.6 Å². The quantitative estimate of drug-likeness (QED) is 0.554. The van der Waals surface area contributed by atoms with Gasteiger partial charge in [-0.25, -0.2) is 4.79 Å². The van der Waals surface area contributed by atoms with Gasteiger partial charge in [0.05, 0.1) is 11.3 Å². The van der Waals surface area contributed by atoms with Crippen LogP contribution in [0.25, 0.3) is 11.4 Å². The molecule has 0 spiro atoms. The van der Waals surface area contributed by atoms with Crippen molar-refractivity contribution in [1.29, 1.82) is 0 Å². The molecule has 2 aliphatic heterocycles. The summed E-state index contributed by atoms with van der Waals surface area (Å²) in [7, 11) is 0. The van der Waals surface area contributed by atoms with E-state index in [1.54, 1.807) is 24.3 Å². The Balaban J connectivity index is 1.46. The molecule has 0 radical (unpaired) electrons. The van der Waals surface area contributed by atoms with E-state index >= 15 is 0 Å². The number of carbonyl (C=O) groups excluding carboxylic acids is 3. The van der Waals surface area contributed by atoms with Gasteiger partial charge in [-0.05, 0) is 26.0 Å². The standard InChI is InChI=1S/C24H22N4O5/c1-15(2)27-22(30)17-10-6-7-11-18(17)28-20(29)12-13-24(27,28)23(31)32-14-19-25-21(26-33-19)16-8-4-3-5-9-16/h3-11,15H,12-14H2,1-2H3/t24-/m1/s1. The summed E-state index contributed by atoms with van der Waals surface area (Å²) in [6.45, 7) is 3.35. The van der Waals surface area contributed by atoms with E-state index in [0.717, 1.165) is 5.56 Å². The van der Waals surface area contributed by atoms with Crippen LogP contribution in [0.1, 0.15) is 42.9 Å². The summed E-state index contributed by atoms with van der Waals surface area (Å²) in [5.41, 5.74) is 0.0154. The number of rotatable bonds is 5. The number of carbonyl (C=O) groups is 3. The number of aromatic nitrogens is 2. The highest BCUT2D eigenvalue weighted by molar-refractivity contribution is 6.15. The Kier molecular flexibility index (Phi) is 4.96. The van der Waals surface area contributed by atoms with Gasteiger partial charge in [0.15, 0.2) is 6.61 Å². The number of ether oxygens (including phenoxy) is 1. The highest BCUT2D eigenvalue weighted by Crippen LogP contribution is 2.46. The predicted molar refractivity (Wildman–Crippen MR) is 117 cm³/mol. The third kappa shape index (κ3) is 3.19. The number of esters is 1. The maximum Gasteiger partial charge on any atom is 0.354 e. The highest BCUT2D eigenvalue weighted by Gasteiger charge is 2.62. The number of para-hydroxylation sites is 1. The van der Waals surface area contributed by atoms with Crippen molar-refractivity contribution in [3.63, 3.8) is 0 Å². The van der Waals surface area contributed by atoms with Gasteiger partial charge >= 0.3 is 5.97 Å². The molecular formula is C24H22N4O5. The van der Waals surface area contributed by atoms with Crippen LogP contribution in [-0.4, -0.2) is 44.5 Å². The van der Waals surface area contributed by atoms with E-state index in [2.05, 4.69) is 10.1 Å². The fourth-order valence-electron chi connectivity index (χ4n) is 4.63. The zero-order chi connectivity index (χ0) is 23.2. The van der Waals surface area contributed by atoms with Crippen molar-refractivity contribution in [3.8, 4) is 11.4 Å². The zero-order valence-electron chi connectivity index (χ0n) is 18.2. The molecule has 0 aliphatic carbocycles. The van der Waals surface area contributed by atoms with E-state index in [4.69, 9.17) is 9.26 Å². The van der Waals surface area contributed by atoms with Crippen LogP contribution >= 0.6 is 0 Å². The minimum absolute atomic E-state index is 0.119. The van der Waals surface area contributed by atoms with Gasteiger partial charge in [0.25, 0.3) is 11.8 Å². The van der Waals surface area contributed by atoms with Crippen LogP contribution in [0.15, 0.2) is 59.1 Å². The van der Waals surface area contributed by atoms with Gasteiger partial charge in [-0.3, -0.25) is 14.5 Å². The van der Waals surface area contributed by atoms with Crippen LogP contribution in [0.3, 0.4) is 0 Å². The maximum atomic E-state index is 13.6. The third-order valence-corrected chi connectivity index (χ3v) is 5.97. The molecule has 2 aromatic carbocycles. The largest absolute Gasteiger partial charge is 0.452 e. The number of nitrogens with zero attached hydrogens (tertiary/aromatic N) is 4. The molecule has 33 heavy (non-hydrogen) atoms. The van der Waals surface area contributed by atoms with Gasteiger partial charge in [-0.1, -0.05) is 47.6 Å². The highest BCUT2D eigenvalue weighted by atomic mass is 16.6. The molecule has 1 saturated heterocycles.